The molecule has 2 radical (unpaired) electrons. The van der Waals surface area contributed by atoms with Crippen molar-refractivity contribution in [2.45, 2.75) is 0 Å². The van der Waals surface area contributed by atoms with Crippen LogP contribution in [0, 0.1) is 0 Å². The van der Waals surface area contributed by atoms with Gasteiger partial charge in [-0.15, -0.1) is 0 Å². The Labute approximate surface area is 69.1 Å². The first-order chi connectivity index (χ1) is 0. The second-order valence-corrected chi connectivity index (χ2v) is 0. The van der Waals surface area contributed by atoms with E-state index in [1.807, 2.05) is 0 Å². The number of rotatable bonds is 0. The molecule has 0 bridgehead atoms. The van der Waals surface area contributed by atoms with Crippen LogP contribution < -0.4 is 0 Å². The zero-order valence-electron chi connectivity index (χ0n) is 1.62. The first-order valence-electron chi connectivity index (χ1n) is 0. The summed E-state index contributed by atoms with van der Waals surface area (Å²) in [5.41, 5.74) is 0. The zero-order valence-corrected chi connectivity index (χ0v) is 8.21. The van der Waals surface area contributed by atoms with Crippen molar-refractivity contribution in [2.75, 3.05) is 0 Å². The van der Waals surface area contributed by atoms with E-state index in [1.165, 1.54) is 0 Å². The van der Waals surface area contributed by atoms with Crippen molar-refractivity contribution in [3.05, 3.63) is 0 Å². The van der Waals surface area contributed by atoms with Gasteiger partial charge in [-0.3, -0.25) is 0 Å². The molecule has 0 saturated heterocycles. The van der Waals surface area contributed by atoms with E-state index < -0.39 is 0 Å². The third-order valence-corrected chi connectivity index (χ3v) is 0. The van der Waals surface area contributed by atoms with Gasteiger partial charge in [0.25, 0.3) is 0 Å². The van der Waals surface area contributed by atoms with E-state index in [2.05, 4.69) is 0 Å². The van der Waals surface area contributed by atoms with Crippen molar-refractivity contribution in [3.8, 4) is 0 Å². The summed E-state index contributed by atoms with van der Waals surface area (Å²) in [6.45, 7) is 0. The summed E-state index contributed by atoms with van der Waals surface area (Å²) in [6, 6.07) is 0. The predicted octanol–water partition coefficient (Wildman–Crippen LogP) is -0.505. The van der Waals surface area contributed by atoms with Crippen LogP contribution in [0.1, 0.15) is 0 Å². The van der Waals surface area contributed by atoms with Crippen molar-refractivity contribution < 1.29 is 43.6 Å². The summed E-state index contributed by atoms with van der Waals surface area (Å²) in [7, 11) is 0. The second-order valence-electron chi connectivity index (χ2n) is 0. The molecule has 0 fully saturated rings. The van der Waals surface area contributed by atoms with Gasteiger partial charge in [-0.05, 0) is 0 Å². The molecule has 0 aliphatic heterocycles. The summed E-state index contributed by atoms with van der Waals surface area (Å²) in [4.78, 5) is 0. The van der Waals surface area contributed by atoms with Crippen LogP contribution in [0.3, 0.4) is 0 Å². The van der Waals surface area contributed by atoms with Crippen LogP contribution in [0.4, 0.5) is 0 Å². The van der Waals surface area contributed by atoms with Gasteiger partial charge < -0.3 is 5.48 Å². The second kappa shape index (κ2) is 19.7. The third-order valence-electron chi connectivity index (χ3n) is 0. The SMILES string of the molecule is [Bi+3].[Fe+2].[Mo+4].[O-2]. The maximum absolute atomic E-state index is 0. The van der Waals surface area contributed by atoms with E-state index in [4.69, 9.17) is 0 Å². The minimum atomic E-state index is 0. The zero-order chi connectivity index (χ0) is 0. The Bertz CT molecular complexity index is 8.00. The minimum Gasteiger partial charge on any atom is -2.00 e. The monoisotopic (exact) mass is 379 g/mol. The van der Waals surface area contributed by atoms with Gasteiger partial charge in [0, 0.05) is 0 Å². The molecule has 0 atom stereocenters. The van der Waals surface area contributed by atoms with Crippen molar-refractivity contribution in [1.82, 2.24) is 0 Å². The van der Waals surface area contributed by atoms with Gasteiger partial charge in [0.05, 0.1) is 0 Å². The fourth-order valence-electron chi connectivity index (χ4n) is 0. The summed E-state index contributed by atoms with van der Waals surface area (Å²) in [5.74, 6) is 0. The van der Waals surface area contributed by atoms with E-state index in [0.29, 0.717) is 0 Å². The first-order valence-corrected chi connectivity index (χ1v) is 0. The van der Waals surface area contributed by atoms with Crippen molar-refractivity contribution in [2.24, 2.45) is 0 Å². The molecule has 0 aliphatic rings. The third kappa shape index (κ3) is 8.96. The van der Waals surface area contributed by atoms with E-state index >= 15 is 0 Å². The Hall–Kier alpha value is 2.05. The topological polar surface area (TPSA) is 28.5 Å². The quantitative estimate of drug-likeness (QED) is 0.510. The van der Waals surface area contributed by atoms with Crippen LogP contribution in [0.5, 0.6) is 0 Å². The molecule has 0 amide bonds. The molecule has 0 aromatic rings. The Kier molecular flexibility index (Phi) is 181. The van der Waals surface area contributed by atoms with Gasteiger partial charge in [-0.25, -0.2) is 0 Å². The fraction of sp³-hybridized carbons (Fsp3) is 0. The Balaban J connectivity index is 0. The average Bonchev–Trinajstić information content (AvgIpc) is 0. The number of hydrogen-bond donors (Lipinski definition) is 0. The molecular formula is BiFeMoO+7. The van der Waals surface area contributed by atoms with Gasteiger partial charge in [-0.1, -0.05) is 0 Å². The molecule has 0 saturated carbocycles. The van der Waals surface area contributed by atoms with E-state index in [9.17, 15) is 0 Å². The molecule has 4 heavy (non-hydrogen) atoms. The normalized spacial score (nSPS) is 0. The first kappa shape index (κ1) is 36.7. The van der Waals surface area contributed by atoms with Crippen LogP contribution in [0.2, 0.25) is 0 Å². The Morgan fingerprint density at radius 1 is 1.00 bits per heavy atom. The smallest absolute Gasteiger partial charge is 2.00 e. The standard InChI is InChI=1S/Bi.Fe.Mo.O/q+3;+2;+4;-2. The van der Waals surface area contributed by atoms with Crippen LogP contribution >= 0.6 is 0 Å². The molecule has 0 unspecified atom stereocenters. The Morgan fingerprint density at radius 3 is 1.00 bits per heavy atom. The van der Waals surface area contributed by atoms with Gasteiger partial charge in [0.2, 0.25) is 0 Å². The molecule has 0 N–H and O–H groups in total. The molecule has 0 spiro atoms. The Morgan fingerprint density at radius 2 is 1.00 bits per heavy atom. The molecule has 0 aliphatic carbocycles. The summed E-state index contributed by atoms with van der Waals surface area (Å²) in [5, 5.41) is 0. The van der Waals surface area contributed by atoms with Crippen molar-refractivity contribution in [3.63, 3.8) is 0 Å². The minimum absolute atomic E-state index is 0. The average molecular weight is 377 g/mol. The molecule has 0 aromatic heterocycles. The fourth-order valence-corrected chi connectivity index (χ4v) is 0. The van der Waals surface area contributed by atoms with Crippen molar-refractivity contribution >= 4 is 26.2 Å². The van der Waals surface area contributed by atoms with E-state index in [0.717, 1.165) is 0 Å². The van der Waals surface area contributed by atoms with Gasteiger partial charge in [0.15, 0.2) is 0 Å². The van der Waals surface area contributed by atoms with E-state index in [1.54, 1.807) is 0 Å². The van der Waals surface area contributed by atoms with Crippen LogP contribution in [0.15, 0.2) is 0 Å². The maximum Gasteiger partial charge on any atom is 4.00 e. The van der Waals surface area contributed by atoms with Gasteiger partial charge in [-0.2, -0.15) is 0 Å². The summed E-state index contributed by atoms with van der Waals surface area (Å²) < 4.78 is 0. The molecule has 0 rings (SSSR count). The van der Waals surface area contributed by atoms with Crippen LogP contribution in [-0.2, 0) is 43.6 Å². The van der Waals surface area contributed by atoms with Gasteiger partial charge >= 0.3 is 64.3 Å². The molecule has 1 nitrogen and oxygen atoms in total. The summed E-state index contributed by atoms with van der Waals surface area (Å²) in [6.07, 6.45) is 0. The molecule has 18 valence electrons. The molecule has 0 aromatic carbocycles. The summed E-state index contributed by atoms with van der Waals surface area (Å²) >= 11 is 0. The molecule has 4 heteroatoms. The van der Waals surface area contributed by atoms with Crippen LogP contribution in [-0.4, -0.2) is 26.2 Å². The largest absolute Gasteiger partial charge is 4.00 e. The van der Waals surface area contributed by atoms with Gasteiger partial charge in [0.1, 0.15) is 0 Å². The predicted molar refractivity (Wildman–Crippen MR) is 6.44 cm³/mol. The van der Waals surface area contributed by atoms with Crippen molar-refractivity contribution in [1.29, 1.82) is 0 Å². The van der Waals surface area contributed by atoms with E-state index in [-0.39, 0.29) is 69.8 Å². The molecular weight excluding hydrogens is 377 g/mol. The van der Waals surface area contributed by atoms with Crippen LogP contribution in [0.25, 0.3) is 0 Å². The number of hydrogen-bond acceptors (Lipinski definition) is 0. The molecule has 0 heterocycles. The maximum atomic E-state index is 0.